The third-order valence-electron chi connectivity index (χ3n) is 3.08. The van der Waals surface area contributed by atoms with Crippen LogP contribution < -0.4 is 20.1 Å². The molecule has 0 fully saturated rings. The maximum absolute atomic E-state index is 9.63. The van der Waals surface area contributed by atoms with Crippen molar-refractivity contribution in [2.75, 3.05) is 18.5 Å². The number of nitrogens with zero attached hydrogens (tertiary/aromatic N) is 1. The molecule has 0 bridgehead atoms. The van der Waals surface area contributed by atoms with Crippen molar-refractivity contribution in [2.45, 2.75) is 6.54 Å². The lowest BCUT2D eigenvalue weighted by Gasteiger charge is -2.19. The lowest BCUT2D eigenvalue weighted by molar-refractivity contribution is 0.171. The second-order valence-electron chi connectivity index (χ2n) is 4.66. The van der Waals surface area contributed by atoms with Crippen LogP contribution in [0, 0.1) is 0 Å². The first-order valence-electron chi connectivity index (χ1n) is 6.80. The number of benzene rings is 1. The highest BCUT2D eigenvalue weighted by Gasteiger charge is 2.11. The molecule has 1 aromatic heterocycles. The molecular formula is C15H15N3O3S. The normalized spacial score (nSPS) is 12.5. The van der Waals surface area contributed by atoms with Gasteiger partial charge in [0.1, 0.15) is 13.2 Å². The highest BCUT2D eigenvalue weighted by atomic mass is 32.1. The summed E-state index contributed by atoms with van der Waals surface area (Å²) in [6.07, 6.45) is 1.57. The lowest BCUT2D eigenvalue weighted by Crippen LogP contribution is -2.28. The molecule has 1 aliphatic rings. The van der Waals surface area contributed by atoms with Gasteiger partial charge in [-0.25, -0.2) is 4.98 Å². The molecule has 3 N–H and O–H groups in total. The van der Waals surface area contributed by atoms with Crippen molar-refractivity contribution in [3.05, 3.63) is 42.1 Å². The zero-order chi connectivity index (χ0) is 15.4. The number of pyridine rings is 1. The van der Waals surface area contributed by atoms with Gasteiger partial charge in [0.05, 0.1) is 0 Å². The van der Waals surface area contributed by atoms with Gasteiger partial charge in [-0.3, -0.25) is 0 Å². The van der Waals surface area contributed by atoms with Crippen LogP contribution in [0.4, 0.5) is 5.82 Å². The highest BCUT2D eigenvalue weighted by molar-refractivity contribution is 7.80. The van der Waals surface area contributed by atoms with Crippen molar-refractivity contribution >= 4 is 23.1 Å². The summed E-state index contributed by atoms with van der Waals surface area (Å²) >= 11 is 5.19. The van der Waals surface area contributed by atoms with Gasteiger partial charge in [-0.1, -0.05) is 6.07 Å². The topological polar surface area (TPSA) is 75.6 Å². The Morgan fingerprint density at radius 3 is 2.86 bits per heavy atom. The Labute approximate surface area is 133 Å². The molecule has 0 amide bonds. The van der Waals surface area contributed by atoms with Crippen molar-refractivity contribution in [1.29, 1.82) is 0 Å². The van der Waals surface area contributed by atoms with Crippen molar-refractivity contribution in [1.82, 2.24) is 10.3 Å². The molecule has 22 heavy (non-hydrogen) atoms. The molecule has 0 saturated carbocycles. The van der Waals surface area contributed by atoms with Gasteiger partial charge < -0.3 is 25.2 Å². The minimum atomic E-state index is 0.0472. The summed E-state index contributed by atoms with van der Waals surface area (Å²) in [5, 5.41) is 15.9. The summed E-state index contributed by atoms with van der Waals surface area (Å²) in [6.45, 7) is 1.66. The molecule has 0 radical (unpaired) electrons. The summed E-state index contributed by atoms with van der Waals surface area (Å²) in [7, 11) is 0. The van der Waals surface area contributed by atoms with E-state index in [4.69, 9.17) is 21.7 Å². The molecule has 6 nitrogen and oxygen atoms in total. The number of rotatable bonds is 3. The number of aromatic nitrogens is 1. The molecule has 1 aromatic carbocycles. The molecule has 0 unspecified atom stereocenters. The predicted molar refractivity (Wildman–Crippen MR) is 86.4 cm³/mol. The second kappa shape index (κ2) is 6.48. The van der Waals surface area contributed by atoms with Gasteiger partial charge in [0.25, 0.3) is 0 Å². The van der Waals surface area contributed by atoms with Crippen molar-refractivity contribution in [3.8, 4) is 17.2 Å². The summed E-state index contributed by atoms with van der Waals surface area (Å²) in [6, 6.07) is 8.93. The standard InChI is InChI=1S/C15H15N3O3S/c19-11-2-1-5-16-14(11)18-15(22)17-9-10-3-4-12-13(8-10)21-7-6-20-12/h1-5,8,19H,6-7,9H2,(H2,16,17,18,22). The van der Waals surface area contributed by atoms with Crippen molar-refractivity contribution < 1.29 is 14.6 Å². The Morgan fingerprint density at radius 2 is 2.05 bits per heavy atom. The van der Waals surface area contributed by atoms with E-state index in [1.54, 1.807) is 18.3 Å². The van der Waals surface area contributed by atoms with E-state index in [2.05, 4.69) is 15.6 Å². The Kier molecular flexibility index (Phi) is 4.24. The van der Waals surface area contributed by atoms with Crippen LogP contribution in [0.3, 0.4) is 0 Å². The Balaban J connectivity index is 1.58. The monoisotopic (exact) mass is 317 g/mol. The van der Waals surface area contributed by atoms with Crippen LogP contribution in [-0.4, -0.2) is 28.4 Å². The maximum atomic E-state index is 9.63. The average Bonchev–Trinajstić information content (AvgIpc) is 2.55. The summed E-state index contributed by atoms with van der Waals surface area (Å²) in [5.74, 6) is 1.87. The van der Waals surface area contributed by atoms with Gasteiger partial charge >= 0.3 is 0 Å². The van der Waals surface area contributed by atoms with Crippen LogP contribution in [-0.2, 0) is 6.54 Å². The molecule has 1 aliphatic heterocycles. The number of fused-ring (bicyclic) bond motifs is 1. The summed E-state index contributed by atoms with van der Waals surface area (Å²) < 4.78 is 11.0. The quantitative estimate of drug-likeness (QED) is 0.748. The molecule has 0 atom stereocenters. The average molecular weight is 317 g/mol. The van der Waals surface area contributed by atoms with Crippen LogP contribution in [0.15, 0.2) is 36.5 Å². The molecule has 3 rings (SSSR count). The smallest absolute Gasteiger partial charge is 0.174 e. The fourth-order valence-corrected chi connectivity index (χ4v) is 2.19. The van der Waals surface area contributed by atoms with Crippen LogP contribution >= 0.6 is 12.2 Å². The second-order valence-corrected chi connectivity index (χ2v) is 5.07. The fourth-order valence-electron chi connectivity index (χ4n) is 2.02. The van der Waals surface area contributed by atoms with Crippen LogP contribution in [0.1, 0.15) is 5.56 Å². The number of aromatic hydroxyl groups is 1. The molecule has 0 saturated heterocycles. The van der Waals surface area contributed by atoms with E-state index in [0.717, 1.165) is 17.1 Å². The molecule has 2 heterocycles. The minimum Gasteiger partial charge on any atom is -0.504 e. The first kappa shape index (κ1) is 14.4. The Morgan fingerprint density at radius 1 is 1.23 bits per heavy atom. The Bertz CT molecular complexity index is 693. The van der Waals surface area contributed by atoms with Gasteiger partial charge in [-0.05, 0) is 42.0 Å². The molecular weight excluding hydrogens is 302 g/mol. The van der Waals surface area contributed by atoms with Gasteiger partial charge in [-0.2, -0.15) is 0 Å². The van der Waals surface area contributed by atoms with Gasteiger partial charge in [0.15, 0.2) is 28.2 Å². The van der Waals surface area contributed by atoms with Crippen LogP contribution in [0.2, 0.25) is 0 Å². The number of anilines is 1. The molecule has 2 aromatic rings. The zero-order valence-corrected chi connectivity index (χ0v) is 12.5. The van der Waals surface area contributed by atoms with Gasteiger partial charge in [-0.15, -0.1) is 0 Å². The number of nitrogens with one attached hydrogen (secondary N) is 2. The first-order chi connectivity index (χ1) is 10.7. The largest absolute Gasteiger partial charge is 0.504 e. The fraction of sp³-hybridized carbons (Fsp3) is 0.200. The van der Waals surface area contributed by atoms with E-state index in [0.29, 0.717) is 30.7 Å². The third-order valence-corrected chi connectivity index (χ3v) is 3.32. The van der Waals surface area contributed by atoms with E-state index in [1.165, 1.54) is 0 Å². The molecule has 0 aliphatic carbocycles. The van der Waals surface area contributed by atoms with E-state index >= 15 is 0 Å². The Hall–Kier alpha value is -2.54. The van der Waals surface area contributed by atoms with E-state index in [-0.39, 0.29) is 5.75 Å². The van der Waals surface area contributed by atoms with Gasteiger partial charge in [0.2, 0.25) is 0 Å². The SMILES string of the molecule is Oc1cccnc1NC(=S)NCc1ccc2c(c1)OCCO2. The number of hydrogen-bond donors (Lipinski definition) is 3. The van der Waals surface area contributed by atoms with E-state index in [1.807, 2.05) is 18.2 Å². The first-order valence-corrected chi connectivity index (χ1v) is 7.20. The summed E-state index contributed by atoms with van der Waals surface area (Å²) in [5.41, 5.74) is 1.01. The zero-order valence-electron chi connectivity index (χ0n) is 11.7. The van der Waals surface area contributed by atoms with E-state index in [9.17, 15) is 5.11 Å². The highest BCUT2D eigenvalue weighted by Crippen LogP contribution is 2.30. The molecule has 114 valence electrons. The molecule has 7 heteroatoms. The lowest BCUT2D eigenvalue weighted by atomic mass is 10.2. The van der Waals surface area contributed by atoms with Crippen LogP contribution in [0.5, 0.6) is 17.2 Å². The van der Waals surface area contributed by atoms with Crippen molar-refractivity contribution in [2.24, 2.45) is 0 Å². The minimum absolute atomic E-state index is 0.0472. The number of hydrogen-bond acceptors (Lipinski definition) is 5. The van der Waals surface area contributed by atoms with Crippen molar-refractivity contribution in [3.63, 3.8) is 0 Å². The maximum Gasteiger partial charge on any atom is 0.174 e. The number of thiocarbonyl (C=S) groups is 1. The molecule has 0 spiro atoms. The van der Waals surface area contributed by atoms with E-state index < -0.39 is 0 Å². The third kappa shape index (κ3) is 3.37. The number of ether oxygens (including phenoxy) is 2. The van der Waals surface area contributed by atoms with Crippen LogP contribution in [0.25, 0.3) is 0 Å². The van der Waals surface area contributed by atoms with Gasteiger partial charge in [0, 0.05) is 12.7 Å². The summed E-state index contributed by atoms with van der Waals surface area (Å²) in [4.78, 5) is 4.01. The predicted octanol–water partition coefficient (Wildman–Crippen LogP) is 2.04.